The number of carbonyl (C=O) groups is 1. The van der Waals surface area contributed by atoms with Crippen LogP contribution >= 0.6 is 0 Å². The number of nitrogens with zero attached hydrogens (tertiary/aromatic N) is 2. The summed E-state index contributed by atoms with van der Waals surface area (Å²) >= 11 is 0. The number of hydrogen-bond donors (Lipinski definition) is 2. The number of benzene rings is 1. The summed E-state index contributed by atoms with van der Waals surface area (Å²) in [6.07, 6.45) is 0. The Bertz CT molecular complexity index is 615. The van der Waals surface area contributed by atoms with Crippen molar-refractivity contribution >= 4 is 11.7 Å². The fourth-order valence-corrected chi connectivity index (χ4v) is 2.02. The van der Waals surface area contributed by atoms with Gasteiger partial charge in [-0.25, -0.2) is 4.79 Å². The van der Waals surface area contributed by atoms with Crippen molar-refractivity contribution in [2.75, 3.05) is 0 Å². The zero-order valence-electron chi connectivity index (χ0n) is 10.1. The molecule has 9 heteroatoms. The maximum Gasteiger partial charge on any atom is 0.319 e. The Morgan fingerprint density at radius 3 is 2.55 bits per heavy atom. The standard InChI is InChI=1S/C11H10N4O5/c1-6-10(15(19)20)9(13-11(16)12-6)7-3-2-4-8(5-7)14(17)18/h2-5,9-10H,1H2,(H2,12,13,16)/t9-,10+/m1/s1. The van der Waals surface area contributed by atoms with E-state index in [0.29, 0.717) is 0 Å². The molecule has 2 atom stereocenters. The monoisotopic (exact) mass is 278 g/mol. The number of carbonyl (C=O) groups excluding carboxylic acids is 1. The molecule has 1 aromatic carbocycles. The molecule has 1 aliphatic heterocycles. The third-order valence-corrected chi connectivity index (χ3v) is 2.90. The molecule has 0 spiro atoms. The fourth-order valence-electron chi connectivity index (χ4n) is 2.02. The van der Waals surface area contributed by atoms with E-state index in [4.69, 9.17) is 0 Å². The summed E-state index contributed by atoms with van der Waals surface area (Å²) < 4.78 is 0. The first-order chi connectivity index (χ1) is 9.40. The van der Waals surface area contributed by atoms with Crippen LogP contribution in [0.1, 0.15) is 11.6 Å². The van der Waals surface area contributed by atoms with Crippen LogP contribution in [-0.2, 0) is 0 Å². The molecule has 0 aromatic heterocycles. The van der Waals surface area contributed by atoms with Crippen molar-refractivity contribution in [1.82, 2.24) is 10.6 Å². The average Bonchev–Trinajstić information content (AvgIpc) is 2.37. The van der Waals surface area contributed by atoms with Crippen LogP contribution in [0.25, 0.3) is 0 Å². The molecule has 0 saturated carbocycles. The van der Waals surface area contributed by atoms with Crippen LogP contribution in [0.15, 0.2) is 36.5 Å². The van der Waals surface area contributed by atoms with Crippen molar-refractivity contribution in [1.29, 1.82) is 0 Å². The molecule has 2 N–H and O–H groups in total. The van der Waals surface area contributed by atoms with E-state index in [0.717, 1.165) is 0 Å². The van der Waals surface area contributed by atoms with E-state index >= 15 is 0 Å². The second-order valence-electron chi connectivity index (χ2n) is 4.18. The predicted molar refractivity (Wildman–Crippen MR) is 67.4 cm³/mol. The number of non-ortho nitro benzene ring substituents is 1. The van der Waals surface area contributed by atoms with Gasteiger partial charge in [0.25, 0.3) is 11.7 Å². The second kappa shape index (κ2) is 4.96. The predicted octanol–water partition coefficient (Wildman–Crippen LogP) is 1.11. The Labute approximate surface area is 112 Å². The quantitative estimate of drug-likeness (QED) is 0.632. The minimum absolute atomic E-state index is 0.0599. The smallest absolute Gasteiger partial charge is 0.319 e. The molecule has 1 aliphatic rings. The van der Waals surface area contributed by atoms with Crippen LogP contribution in [-0.4, -0.2) is 21.9 Å². The lowest BCUT2D eigenvalue weighted by Crippen LogP contribution is -2.53. The van der Waals surface area contributed by atoms with E-state index in [1.807, 2.05) is 0 Å². The molecular formula is C11H10N4O5. The van der Waals surface area contributed by atoms with Crippen LogP contribution in [0.3, 0.4) is 0 Å². The Hall–Kier alpha value is -2.97. The molecule has 1 aromatic rings. The summed E-state index contributed by atoms with van der Waals surface area (Å²) in [4.78, 5) is 32.0. The van der Waals surface area contributed by atoms with E-state index in [9.17, 15) is 25.0 Å². The highest BCUT2D eigenvalue weighted by atomic mass is 16.6. The third-order valence-electron chi connectivity index (χ3n) is 2.90. The number of nitrogens with one attached hydrogen (secondary N) is 2. The lowest BCUT2D eigenvalue weighted by molar-refractivity contribution is -0.518. The molecule has 2 amide bonds. The van der Waals surface area contributed by atoms with E-state index < -0.39 is 28.0 Å². The Morgan fingerprint density at radius 1 is 1.25 bits per heavy atom. The zero-order chi connectivity index (χ0) is 14.9. The number of amides is 2. The highest BCUT2D eigenvalue weighted by molar-refractivity contribution is 5.78. The van der Waals surface area contributed by atoms with Gasteiger partial charge in [0, 0.05) is 17.1 Å². The normalized spacial score (nSPS) is 21.8. The minimum atomic E-state index is -1.30. The summed E-state index contributed by atoms with van der Waals surface area (Å²) in [6, 6.07) is 2.40. The van der Waals surface area contributed by atoms with Gasteiger partial charge in [0.1, 0.15) is 6.04 Å². The molecule has 9 nitrogen and oxygen atoms in total. The van der Waals surface area contributed by atoms with Crippen LogP contribution in [0.4, 0.5) is 10.5 Å². The Balaban J connectivity index is 2.44. The molecule has 1 heterocycles. The van der Waals surface area contributed by atoms with Gasteiger partial charge < -0.3 is 10.6 Å². The van der Waals surface area contributed by atoms with E-state index in [-0.39, 0.29) is 16.9 Å². The molecule has 0 unspecified atom stereocenters. The van der Waals surface area contributed by atoms with Crippen molar-refractivity contribution in [3.05, 3.63) is 62.3 Å². The van der Waals surface area contributed by atoms with Crippen LogP contribution in [0, 0.1) is 20.2 Å². The van der Waals surface area contributed by atoms with Crippen molar-refractivity contribution in [3.8, 4) is 0 Å². The summed E-state index contributed by atoms with van der Waals surface area (Å²) in [7, 11) is 0. The second-order valence-corrected chi connectivity index (χ2v) is 4.18. The van der Waals surface area contributed by atoms with Crippen LogP contribution in [0.5, 0.6) is 0 Å². The topological polar surface area (TPSA) is 127 Å². The average molecular weight is 278 g/mol. The van der Waals surface area contributed by atoms with Crippen molar-refractivity contribution < 1.29 is 14.6 Å². The lowest BCUT2D eigenvalue weighted by atomic mass is 9.96. The van der Waals surface area contributed by atoms with Crippen LogP contribution in [0.2, 0.25) is 0 Å². The molecule has 0 bridgehead atoms. The Morgan fingerprint density at radius 2 is 1.95 bits per heavy atom. The SMILES string of the molecule is C=C1NC(=O)N[C@H](c2cccc([N+](=O)[O-])c2)[C@H]1[N+](=O)[O-]. The van der Waals surface area contributed by atoms with Gasteiger partial charge in [-0.3, -0.25) is 20.2 Å². The number of rotatable bonds is 3. The van der Waals surface area contributed by atoms with Gasteiger partial charge in [0.05, 0.1) is 10.6 Å². The molecule has 1 saturated heterocycles. The van der Waals surface area contributed by atoms with E-state index in [1.54, 1.807) is 0 Å². The molecular weight excluding hydrogens is 268 g/mol. The van der Waals surface area contributed by atoms with Gasteiger partial charge >= 0.3 is 6.03 Å². The minimum Gasteiger partial charge on any atom is -0.324 e. The van der Waals surface area contributed by atoms with Gasteiger partial charge in [-0.05, 0) is 5.56 Å². The molecule has 0 aliphatic carbocycles. The lowest BCUT2D eigenvalue weighted by Gasteiger charge is -2.28. The molecule has 0 radical (unpaired) electrons. The Kier molecular flexibility index (Phi) is 3.34. The van der Waals surface area contributed by atoms with Crippen molar-refractivity contribution in [2.45, 2.75) is 12.1 Å². The molecule has 1 fully saturated rings. The van der Waals surface area contributed by atoms with Crippen LogP contribution < -0.4 is 10.6 Å². The van der Waals surface area contributed by atoms with Gasteiger partial charge in [0.15, 0.2) is 0 Å². The van der Waals surface area contributed by atoms with Crippen molar-refractivity contribution in [2.24, 2.45) is 0 Å². The summed E-state index contributed by atoms with van der Waals surface area (Å²) in [5.41, 5.74) is 0.00940. The van der Waals surface area contributed by atoms with Crippen molar-refractivity contribution in [3.63, 3.8) is 0 Å². The fraction of sp³-hybridized carbons (Fsp3) is 0.182. The van der Waals surface area contributed by atoms with Gasteiger partial charge in [-0.2, -0.15) is 0 Å². The number of hydrogen-bond acceptors (Lipinski definition) is 5. The van der Waals surface area contributed by atoms with E-state index in [2.05, 4.69) is 17.2 Å². The first-order valence-corrected chi connectivity index (χ1v) is 5.54. The highest BCUT2D eigenvalue weighted by Crippen LogP contribution is 2.27. The van der Waals surface area contributed by atoms with Gasteiger partial charge in [-0.15, -0.1) is 0 Å². The van der Waals surface area contributed by atoms with Gasteiger partial charge in [-0.1, -0.05) is 18.7 Å². The maximum atomic E-state index is 11.4. The maximum absolute atomic E-state index is 11.4. The first kappa shape index (κ1) is 13.5. The highest BCUT2D eigenvalue weighted by Gasteiger charge is 2.41. The van der Waals surface area contributed by atoms with Gasteiger partial charge in [0.2, 0.25) is 0 Å². The zero-order valence-corrected chi connectivity index (χ0v) is 10.1. The largest absolute Gasteiger partial charge is 0.324 e. The summed E-state index contributed by atoms with van der Waals surface area (Å²) in [5.74, 6) is 0. The van der Waals surface area contributed by atoms with E-state index in [1.165, 1.54) is 24.3 Å². The third kappa shape index (κ3) is 2.41. The number of urea groups is 1. The molecule has 104 valence electrons. The molecule has 20 heavy (non-hydrogen) atoms. The number of nitro benzene ring substituents is 1. The molecule has 2 rings (SSSR count). The summed E-state index contributed by atoms with van der Waals surface area (Å²) in [6.45, 7) is 3.45. The number of nitro groups is 2. The summed E-state index contributed by atoms with van der Waals surface area (Å²) in [5, 5.41) is 26.4. The first-order valence-electron chi connectivity index (χ1n) is 5.54.